The van der Waals surface area contributed by atoms with Crippen LogP contribution in [0.4, 0.5) is 5.69 Å². The minimum Gasteiger partial charge on any atom is -0.395 e. The van der Waals surface area contributed by atoms with E-state index < -0.39 is 4.92 Å². The van der Waals surface area contributed by atoms with E-state index in [-0.39, 0.29) is 48.0 Å². The van der Waals surface area contributed by atoms with Gasteiger partial charge in [-0.15, -0.1) is 0 Å². The molecule has 8 nitrogen and oxygen atoms in total. The molecule has 27 heavy (non-hydrogen) atoms. The highest BCUT2D eigenvalue weighted by atomic mass is 16.6. The van der Waals surface area contributed by atoms with Gasteiger partial charge in [-0.1, -0.05) is 19.3 Å². The van der Waals surface area contributed by atoms with Crippen molar-refractivity contribution in [2.24, 2.45) is 0 Å². The maximum absolute atomic E-state index is 13.2. The summed E-state index contributed by atoms with van der Waals surface area (Å²) < 4.78 is 0. The predicted octanol–water partition coefficient (Wildman–Crippen LogP) is 1.93. The summed E-state index contributed by atoms with van der Waals surface area (Å²) in [4.78, 5) is 39.6. The molecule has 0 spiro atoms. The van der Waals surface area contributed by atoms with Crippen LogP contribution in [-0.2, 0) is 9.59 Å². The number of amides is 2. The average molecular weight is 373 g/mol. The van der Waals surface area contributed by atoms with Crippen molar-refractivity contribution in [3.05, 3.63) is 45.6 Å². The first kappa shape index (κ1) is 19.0. The van der Waals surface area contributed by atoms with Gasteiger partial charge in [0.1, 0.15) is 5.70 Å². The first-order valence-corrected chi connectivity index (χ1v) is 9.14. The molecule has 1 aliphatic carbocycles. The van der Waals surface area contributed by atoms with Gasteiger partial charge in [-0.05, 0) is 30.5 Å². The highest BCUT2D eigenvalue weighted by Crippen LogP contribution is 2.36. The molecule has 0 unspecified atom stereocenters. The fourth-order valence-electron chi connectivity index (χ4n) is 3.83. The molecular weight excluding hydrogens is 350 g/mol. The third kappa shape index (κ3) is 3.57. The summed E-state index contributed by atoms with van der Waals surface area (Å²) in [5.41, 5.74) is 0.882. The second kappa shape index (κ2) is 7.87. The summed E-state index contributed by atoms with van der Waals surface area (Å²) >= 11 is 0. The maximum Gasteiger partial charge on any atom is 0.278 e. The van der Waals surface area contributed by atoms with Crippen molar-refractivity contribution >= 4 is 23.1 Å². The van der Waals surface area contributed by atoms with Crippen LogP contribution in [0.5, 0.6) is 0 Å². The van der Waals surface area contributed by atoms with Crippen LogP contribution in [0.3, 0.4) is 0 Å². The molecule has 0 bridgehead atoms. The number of hydrogen-bond donors (Lipinski definition) is 1. The van der Waals surface area contributed by atoms with Crippen LogP contribution in [0.2, 0.25) is 0 Å². The molecule has 0 saturated heterocycles. The number of nitro benzene ring substituents is 1. The first-order chi connectivity index (χ1) is 13.0. The lowest BCUT2D eigenvalue weighted by atomic mass is 9.94. The van der Waals surface area contributed by atoms with Gasteiger partial charge in [0.15, 0.2) is 0 Å². The number of aliphatic hydroxyl groups excluding tert-OH is 1. The van der Waals surface area contributed by atoms with E-state index in [9.17, 15) is 24.8 Å². The third-order valence-corrected chi connectivity index (χ3v) is 5.21. The van der Waals surface area contributed by atoms with E-state index in [1.165, 1.54) is 29.2 Å². The third-order valence-electron chi connectivity index (χ3n) is 5.21. The number of nitro groups is 1. The minimum atomic E-state index is -0.507. The number of likely N-dealkylation sites (N-methyl/N-ethyl adjacent to an activating group) is 1. The molecule has 1 aromatic rings. The van der Waals surface area contributed by atoms with Gasteiger partial charge < -0.3 is 10.0 Å². The second-order valence-electron chi connectivity index (χ2n) is 6.94. The number of non-ortho nitro benzene ring substituents is 1. The van der Waals surface area contributed by atoms with E-state index in [2.05, 4.69) is 0 Å². The Morgan fingerprint density at radius 3 is 2.33 bits per heavy atom. The van der Waals surface area contributed by atoms with Crippen molar-refractivity contribution < 1.29 is 19.6 Å². The van der Waals surface area contributed by atoms with Crippen molar-refractivity contribution in [1.82, 2.24) is 9.80 Å². The molecule has 8 heteroatoms. The molecule has 3 rings (SSSR count). The monoisotopic (exact) mass is 373 g/mol. The zero-order valence-corrected chi connectivity index (χ0v) is 15.3. The van der Waals surface area contributed by atoms with Gasteiger partial charge in [-0.3, -0.25) is 24.6 Å². The molecule has 1 N–H and O–H groups in total. The summed E-state index contributed by atoms with van der Waals surface area (Å²) in [7, 11) is 1.66. The number of carbonyl (C=O) groups excluding carboxylic acids is 2. The highest BCUT2D eigenvalue weighted by Gasteiger charge is 2.44. The van der Waals surface area contributed by atoms with Gasteiger partial charge in [0.05, 0.1) is 17.1 Å². The highest BCUT2D eigenvalue weighted by molar-refractivity contribution is 6.35. The van der Waals surface area contributed by atoms with Crippen LogP contribution in [0.25, 0.3) is 5.57 Å². The molecule has 0 atom stereocenters. The molecule has 1 aliphatic heterocycles. The zero-order valence-electron chi connectivity index (χ0n) is 15.3. The molecule has 2 amide bonds. The molecule has 144 valence electrons. The van der Waals surface area contributed by atoms with Gasteiger partial charge in [-0.25, -0.2) is 0 Å². The average Bonchev–Trinajstić information content (AvgIpc) is 2.93. The van der Waals surface area contributed by atoms with E-state index in [0.717, 1.165) is 32.1 Å². The normalized spacial score (nSPS) is 18.4. The molecule has 0 aromatic heterocycles. The van der Waals surface area contributed by atoms with Crippen LogP contribution < -0.4 is 0 Å². The topological polar surface area (TPSA) is 104 Å². The Labute approximate surface area is 157 Å². The lowest BCUT2D eigenvalue weighted by Gasteiger charge is -2.30. The SMILES string of the molecule is CN(CCO)C1=C(c2ccc([N+](=O)[O-])cc2)C(=O)N(C2CCCCC2)C1=O. The van der Waals surface area contributed by atoms with Gasteiger partial charge in [0.2, 0.25) is 0 Å². The fourth-order valence-corrected chi connectivity index (χ4v) is 3.83. The quantitative estimate of drug-likeness (QED) is 0.464. The van der Waals surface area contributed by atoms with Gasteiger partial charge in [0.25, 0.3) is 17.5 Å². The van der Waals surface area contributed by atoms with Gasteiger partial charge in [-0.2, -0.15) is 0 Å². The van der Waals surface area contributed by atoms with Crippen LogP contribution in [0.1, 0.15) is 37.7 Å². The number of hydrogen-bond acceptors (Lipinski definition) is 6. The number of rotatable bonds is 6. The number of nitrogens with zero attached hydrogens (tertiary/aromatic N) is 3. The lowest BCUT2D eigenvalue weighted by Crippen LogP contribution is -2.43. The molecule has 0 radical (unpaired) electrons. The summed E-state index contributed by atoms with van der Waals surface area (Å²) in [5, 5.41) is 20.2. The zero-order chi connectivity index (χ0) is 19.6. The van der Waals surface area contributed by atoms with E-state index in [0.29, 0.717) is 5.56 Å². The van der Waals surface area contributed by atoms with E-state index >= 15 is 0 Å². The Morgan fingerprint density at radius 2 is 1.78 bits per heavy atom. The molecule has 1 fully saturated rings. The molecule has 2 aliphatic rings. The summed E-state index contributed by atoms with van der Waals surface area (Å²) in [5.74, 6) is -0.711. The van der Waals surface area contributed by atoms with Crippen molar-refractivity contribution in [2.75, 3.05) is 20.2 Å². The molecule has 1 heterocycles. The van der Waals surface area contributed by atoms with Crippen molar-refractivity contribution in [3.8, 4) is 0 Å². The van der Waals surface area contributed by atoms with Crippen LogP contribution >= 0.6 is 0 Å². The lowest BCUT2D eigenvalue weighted by molar-refractivity contribution is -0.384. The standard InChI is InChI=1S/C19H23N3O5/c1-20(11-12-23)17-16(13-7-9-15(10-8-13)22(26)27)18(24)21(19(17)25)14-5-3-2-4-6-14/h7-10,14,23H,2-6,11-12H2,1H3. The van der Waals surface area contributed by atoms with Crippen LogP contribution in [0.15, 0.2) is 30.0 Å². The van der Waals surface area contributed by atoms with Gasteiger partial charge >= 0.3 is 0 Å². The van der Waals surface area contributed by atoms with Crippen molar-refractivity contribution in [2.45, 2.75) is 38.1 Å². The number of aliphatic hydroxyl groups is 1. The van der Waals surface area contributed by atoms with E-state index in [1.54, 1.807) is 11.9 Å². The smallest absolute Gasteiger partial charge is 0.278 e. The molecule has 1 aromatic carbocycles. The summed E-state index contributed by atoms with van der Waals surface area (Å²) in [6, 6.07) is 5.53. The Balaban J connectivity index is 2.02. The van der Waals surface area contributed by atoms with Gasteiger partial charge in [0, 0.05) is 31.8 Å². The minimum absolute atomic E-state index is 0.0782. The van der Waals surface area contributed by atoms with Crippen LogP contribution in [0, 0.1) is 10.1 Å². The Kier molecular flexibility index (Phi) is 5.55. The van der Waals surface area contributed by atoms with E-state index in [1.807, 2.05) is 0 Å². The Hall–Kier alpha value is -2.74. The van der Waals surface area contributed by atoms with Crippen LogP contribution in [-0.4, -0.2) is 57.9 Å². The number of carbonyl (C=O) groups is 2. The molecule has 1 saturated carbocycles. The number of imide groups is 1. The Bertz CT molecular complexity index is 781. The summed E-state index contributed by atoms with van der Waals surface area (Å²) in [6.07, 6.45) is 4.66. The predicted molar refractivity (Wildman–Crippen MR) is 98.5 cm³/mol. The number of benzene rings is 1. The van der Waals surface area contributed by atoms with Crippen molar-refractivity contribution in [1.29, 1.82) is 0 Å². The molecular formula is C19H23N3O5. The largest absolute Gasteiger partial charge is 0.395 e. The van der Waals surface area contributed by atoms with Crippen molar-refractivity contribution in [3.63, 3.8) is 0 Å². The summed E-state index contributed by atoms with van der Waals surface area (Å²) in [6.45, 7) is 0.0573. The fraction of sp³-hybridized carbons (Fsp3) is 0.474. The Morgan fingerprint density at radius 1 is 1.15 bits per heavy atom. The first-order valence-electron chi connectivity index (χ1n) is 9.14. The maximum atomic E-state index is 13.2. The second-order valence-corrected chi connectivity index (χ2v) is 6.94. The van der Waals surface area contributed by atoms with E-state index in [4.69, 9.17) is 0 Å².